The smallest absolute Gasteiger partial charge is 0.254 e. The van der Waals surface area contributed by atoms with Crippen LogP contribution < -0.4 is 10.6 Å². The monoisotopic (exact) mass is 541 g/mol. The van der Waals surface area contributed by atoms with E-state index in [1.807, 2.05) is 56.7 Å². The number of carbonyl (C=O) groups excluding carboxylic acids is 2. The number of hydrogen-bond acceptors (Lipinski definition) is 8. The molecule has 10 heteroatoms. The number of rotatable bonds is 9. The molecule has 0 bridgehead atoms. The topological polar surface area (TPSA) is 139 Å². The van der Waals surface area contributed by atoms with Gasteiger partial charge in [-0.1, -0.05) is 51.5 Å². The van der Waals surface area contributed by atoms with Crippen molar-refractivity contribution in [1.29, 1.82) is 5.26 Å². The molecule has 2 unspecified atom stereocenters. The second-order valence-corrected chi connectivity index (χ2v) is 8.97. The molecule has 1 aromatic rings. The standard InChI is InChI=1S/C23H28N4O4.C3H5NS.C2H6/c1-3-4-12-27(2)23(31)21(29)20(28)22(30)26-15-18-11-10-17(14-25-18)19-9-7-5-6-8-16(19)13-24;1-2-5-3-4-1;1-2/h5-8,10-11,14,20-21,28-29H,3-4,9,12,15H2,1-2H3,(H,26,30);1-2,4H,3H2;1-2H3. The maximum absolute atomic E-state index is 12.2. The number of nitrogens with one attached hydrogen (secondary N) is 2. The zero-order chi connectivity index (χ0) is 28.3. The molecule has 2 heterocycles. The van der Waals surface area contributed by atoms with Crippen LogP contribution in [0.25, 0.3) is 5.57 Å². The molecule has 2 amide bonds. The number of allylic oxidation sites excluding steroid dienone is 6. The maximum Gasteiger partial charge on any atom is 0.254 e. The van der Waals surface area contributed by atoms with Gasteiger partial charge in [-0.2, -0.15) is 5.26 Å². The summed E-state index contributed by atoms with van der Waals surface area (Å²) in [7, 11) is 1.52. The van der Waals surface area contributed by atoms with E-state index in [4.69, 9.17) is 0 Å². The number of aromatic nitrogens is 1. The summed E-state index contributed by atoms with van der Waals surface area (Å²) in [5.74, 6) is -0.504. The zero-order valence-corrected chi connectivity index (χ0v) is 23.4. The number of hydrogen-bond donors (Lipinski definition) is 4. The lowest BCUT2D eigenvalue weighted by molar-refractivity contribution is -0.152. The van der Waals surface area contributed by atoms with Crippen molar-refractivity contribution < 1.29 is 19.8 Å². The van der Waals surface area contributed by atoms with Crippen LogP contribution in [0.1, 0.15) is 51.3 Å². The number of aliphatic hydroxyl groups excluding tert-OH is 2. The lowest BCUT2D eigenvalue weighted by Crippen LogP contribution is -2.50. The average Bonchev–Trinajstić information content (AvgIpc) is 3.47. The highest BCUT2D eigenvalue weighted by Gasteiger charge is 2.32. The number of nitrogens with zero attached hydrogens (tertiary/aromatic N) is 3. The molecule has 0 saturated carbocycles. The van der Waals surface area contributed by atoms with Crippen molar-refractivity contribution in [3.8, 4) is 6.07 Å². The molecule has 1 aliphatic carbocycles. The highest BCUT2D eigenvalue weighted by Crippen LogP contribution is 2.25. The SMILES string of the molecule is C1=CSCN1.CC.CCCCN(C)C(=O)C(O)C(O)C(=O)NCc1ccc(C2=C(C#N)C=CC=CC2)cn1. The third-order valence-electron chi connectivity index (χ3n) is 5.39. The summed E-state index contributed by atoms with van der Waals surface area (Å²) in [6, 6.07) is 5.71. The molecule has 0 saturated heterocycles. The number of amides is 2. The van der Waals surface area contributed by atoms with Crippen LogP contribution in [0, 0.1) is 11.3 Å². The Hall–Kier alpha value is -3.39. The maximum atomic E-state index is 12.2. The van der Waals surface area contributed by atoms with Crippen molar-refractivity contribution in [2.75, 3.05) is 19.5 Å². The predicted molar refractivity (Wildman–Crippen MR) is 152 cm³/mol. The Kier molecular flexibility index (Phi) is 16.1. The normalized spacial score (nSPS) is 15.0. The second kappa shape index (κ2) is 18.8. The van der Waals surface area contributed by atoms with Gasteiger partial charge in [0.05, 0.1) is 29.8 Å². The molecule has 0 radical (unpaired) electrons. The minimum atomic E-state index is -1.87. The molecule has 206 valence electrons. The molecule has 9 nitrogen and oxygen atoms in total. The molecule has 0 aromatic carbocycles. The quantitative estimate of drug-likeness (QED) is 0.374. The highest BCUT2D eigenvalue weighted by atomic mass is 32.2. The second-order valence-electron chi connectivity index (χ2n) is 8.07. The van der Waals surface area contributed by atoms with Gasteiger partial charge in [-0.05, 0) is 41.5 Å². The van der Waals surface area contributed by atoms with Gasteiger partial charge in [0.15, 0.2) is 12.2 Å². The van der Waals surface area contributed by atoms with Gasteiger partial charge in [0.1, 0.15) is 0 Å². The fourth-order valence-electron chi connectivity index (χ4n) is 3.24. The molecular weight excluding hydrogens is 502 g/mol. The van der Waals surface area contributed by atoms with Crippen LogP contribution in [-0.2, 0) is 16.1 Å². The number of nitriles is 1. The predicted octanol–water partition coefficient (Wildman–Crippen LogP) is 3.25. The number of unbranched alkanes of at least 4 members (excludes halogenated alkanes) is 1. The van der Waals surface area contributed by atoms with E-state index in [0.29, 0.717) is 24.2 Å². The van der Waals surface area contributed by atoms with Crippen LogP contribution in [-0.4, -0.2) is 63.6 Å². The fraction of sp³-hybridized carbons (Fsp3) is 0.429. The zero-order valence-electron chi connectivity index (χ0n) is 22.6. The van der Waals surface area contributed by atoms with Crippen LogP contribution in [0.15, 0.2) is 59.8 Å². The molecule has 1 aliphatic heterocycles. The Morgan fingerprint density at radius 1 is 1.26 bits per heavy atom. The van der Waals surface area contributed by atoms with Gasteiger partial charge >= 0.3 is 0 Å². The van der Waals surface area contributed by atoms with Crippen molar-refractivity contribution in [3.63, 3.8) is 0 Å². The van der Waals surface area contributed by atoms with Crippen molar-refractivity contribution in [3.05, 3.63) is 71.1 Å². The van der Waals surface area contributed by atoms with Gasteiger partial charge in [0.2, 0.25) is 0 Å². The molecule has 3 rings (SSSR count). The van der Waals surface area contributed by atoms with Crippen LogP contribution in [0.4, 0.5) is 0 Å². The van der Waals surface area contributed by atoms with E-state index in [1.54, 1.807) is 30.1 Å². The number of carbonyl (C=O) groups is 2. The largest absolute Gasteiger partial charge is 0.381 e. The minimum absolute atomic E-state index is 0.0206. The van der Waals surface area contributed by atoms with Crippen LogP contribution >= 0.6 is 11.8 Å². The first kappa shape index (κ1) is 32.6. The van der Waals surface area contributed by atoms with Gasteiger partial charge in [0.25, 0.3) is 11.8 Å². The fourth-order valence-corrected chi connectivity index (χ4v) is 3.73. The van der Waals surface area contributed by atoms with E-state index in [2.05, 4.69) is 21.7 Å². The number of likely N-dealkylation sites (N-methyl/N-ethyl adjacent to an activating group) is 1. The van der Waals surface area contributed by atoms with E-state index >= 15 is 0 Å². The van der Waals surface area contributed by atoms with Crippen LogP contribution in [0.3, 0.4) is 0 Å². The van der Waals surface area contributed by atoms with Gasteiger partial charge in [-0.3, -0.25) is 14.6 Å². The Labute approximate surface area is 230 Å². The van der Waals surface area contributed by atoms with Gasteiger partial charge < -0.3 is 25.7 Å². The van der Waals surface area contributed by atoms with Crippen LogP contribution in [0.5, 0.6) is 0 Å². The average molecular weight is 542 g/mol. The number of thioether (sulfide) groups is 1. The molecule has 2 aliphatic rings. The Balaban J connectivity index is 0.000000903. The summed E-state index contributed by atoms with van der Waals surface area (Å²) in [6.45, 7) is 6.43. The number of pyridine rings is 1. The molecule has 0 fully saturated rings. The summed E-state index contributed by atoms with van der Waals surface area (Å²) < 4.78 is 0. The Morgan fingerprint density at radius 3 is 2.58 bits per heavy atom. The summed E-state index contributed by atoms with van der Waals surface area (Å²) in [5, 5.41) is 36.9. The molecular formula is C28H39N5O4S. The molecule has 2 atom stereocenters. The molecule has 4 N–H and O–H groups in total. The lowest BCUT2D eigenvalue weighted by atomic mass is 9.99. The summed E-state index contributed by atoms with van der Waals surface area (Å²) >= 11 is 1.78. The molecule has 1 aromatic heterocycles. The first-order chi connectivity index (χ1) is 18.4. The third kappa shape index (κ3) is 10.9. The van der Waals surface area contributed by atoms with Crippen molar-refractivity contribution in [2.24, 2.45) is 0 Å². The van der Waals surface area contributed by atoms with Gasteiger partial charge in [-0.15, -0.1) is 11.8 Å². The number of aliphatic hydroxyl groups is 2. The van der Waals surface area contributed by atoms with Gasteiger partial charge in [-0.25, -0.2) is 0 Å². The molecule has 0 spiro atoms. The van der Waals surface area contributed by atoms with Crippen molar-refractivity contribution >= 4 is 29.1 Å². The van der Waals surface area contributed by atoms with Crippen molar-refractivity contribution in [2.45, 2.75) is 58.8 Å². The van der Waals surface area contributed by atoms with E-state index in [1.165, 1.54) is 11.9 Å². The van der Waals surface area contributed by atoms with E-state index in [9.17, 15) is 25.1 Å². The lowest BCUT2D eigenvalue weighted by Gasteiger charge is -2.23. The third-order valence-corrected chi connectivity index (χ3v) is 6.05. The Bertz CT molecular complexity index is 1040. The molecule has 38 heavy (non-hydrogen) atoms. The van der Waals surface area contributed by atoms with Gasteiger partial charge in [0, 0.05) is 26.0 Å². The van der Waals surface area contributed by atoms with Crippen molar-refractivity contribution in [1.82, 2.24) is 20.5 Å². The highest BCUT2D eigenvalue weighted by molar-refractivity contribution is 8.02. The first-order valence-corrected chi connectivity index (χ1v) is 13.7. The summed E-state index contributed by atoms with van der Waals surface area (Å²) in [4.78, 5) is 29.9. The van der Waals surface area contributed by atoms with E-state index in [0.717, 1.165) is 29.9 Å². The van der Waals surface area contributed by atoms with E-state index < -0.39 is 24.0 Å². The minimum Gasteiger partial charge on any atom is -0.381 e. The Morgan fingerprint density at radius 2 is 2.03 bits per heavy atom. The van der Waals surface area contributed by atoms with Crippen LogP contribution in [0.2, 0.25) is 0 Å². The first-order valence-electron chi connectivity index (χ1n) is 12.7. The summed E-state index contributed by atoms with van der Waals surface area (Å²) in [5.41, 5.74) is 2.77. The summed E-state index contributed by atoms with van der Waals surface area (Å²) in [6.07, 6.45) is 9.53. The van der Waals surface area contributed by atoms with E-state index in [-0.39, 0.29) is 6.54 Å².